The molecule has 2 aromatic rings. The Morgan fingerprint density at radius 1 is 1.03 bits per heavy atom. The van der Waals surface area contributed by atoms with Crippen LogP contribution in [0.1, 0.15) is 56.0 Å². The average molecular weight is 406 g/mol. The number of fused-ring (bicyclic) bond motifs is 1. The molecular formula is C25H31N3O2. The van der Waals surface area contributed by atoms with E-state index in [2.05, 4.69) is 36.2 Å². The molecule has 2 unspecified atom stereocenters. The number of nitrogens with one attached hydrogen (secondary N) is 1. The number of benzene rings is 2. The molecule has 0 saturated heterocycles. The lowest BCUT2D eigenvalue weighted by Gasteiger charge is -2.33. The van der Waals surface area contributed by atoms with Crippen LogP contribution in [-0.4, -0.2) is 41.2 Å². The van der Waals surface area contributed by atoms with Crippen LogP contribution in [0.3, 0.4) is 0 Å². The van der Waals surface area contributed by atoms with Gasteiger partial charge in [0.05, 0.1) is 18.5 Å². The molecule has 30 heavy (non-hydrogen) atoms. The predicted molar refractivity (Wildman–Crippen MR) is 120 cm³/mol. The van der Waals surface area contributed by atoms with Gasteiger partial charge in [0, 0.05) is 19.7 Å². The van der Waals surface area contributed by atoms with E-state index in [4.69, 9.17) is 0 Å². The molecule has 1 aliphatic rings. The number of nitrogens with zero attached hydrogens (tertiary/aromatic N) is 2. The first-order chi connectivity index (χ1) is 14.5. The summed E-state index contributed by atoms with van der Waals surface area (Å²) >= 11 is 0. The molecule has 0 aromatic heterocycles. The van der Waals surface area contributed by atoms with Crippen LogP contribution >= 0.6 is 0 Å². The summed E-state index contributed by atoms with van der Waals surface area (Å²) in [7, 11) is 0. The molecule has 0 spiro atoms. The second kappa shape index (κ2) is 10.2. The van der Waals surface area contributed by atoms with Crippen molar-refractivity contribution >= 4 is 17.9 Å². The van der Waals surface area contributed by atoms with E-state index in [0.29, 0.717) is 6.54 Å². The molecule has 1 N–H and O–H groups in total. The fourth-order valence-electron chi connectivity index (χ4n) is 4.17. The van der Waals surface area contributed by atoms with E-state index in [0.717, 1.165) is 24.2 Å². The minimum Gasteiger partial charge on any atom is -0.354 e. The molecule has 2 aromatic carbocycles. The van der Waals surface area contributed by atoms with Crippen molar-refractivity contribution in [3.8, 4) is 0 Å². The van der Waals surface area contributed by atoms with Crippen LogP contribution in [-0.2, 0) is 9.59 Å². The molecule has 158 valence electrons. The molecule has 2 amide bonds. The third kappa shape index (κ3) is 4.97. The summed E-state index contributed by atoms with van der Waals surface area (Å²) < 4.78 is 0. The summed E-state index contributed by atoms with van der Waals surface area (Å²) in [5.74, 6) is -0.117. The van der Waals surface area contributed by atoms with Gasteiger partial charge in [0.2, 0.25) is 11.8 Å². The van der Waals surface area contributed by atoms with E-state index < -0.39 is 0 Å². The Balaban J connectivity index is 1.73. The lowest BCUT2D eigenvalue weighted by atomic mass is 9.93. The minimum absolute atomic E-state index is 0.0514. The third-order valence-electron chi connectivity index (χ3n) is 5.78. The van der Waals surface area contributed by atoms with Gasteiger partial charge in [0.25, 0.3) is 0 Å². The first-order valence-corrected chi connectivity index (χ1v) is 10.7. The van der Waals surface area contributed by atoms with Crippen LogP contribution in [0.15, 0.2) is 60.8 Å². The van der Waals surface area contributed by atoms with E-state index in [1.165, 1.54) is 12.5 Å². The Hall–Kier alpha value is -2.92. The smallest absolute Gasteiger partial charge is 0.223 e. The van der Waals surface area contributed by atoms with E-state index in [9.17, 15) is 9.59 Å². The number of hydrogen-bond donors (Lipinski definition) is 1. The van der Waals surface area contributed by atoms with Gasteiger partial charge in [0.1, 0.15) is 0 Å². The Kier molecular flexibility index (Phi) is 7.41. The van der Waals surface area contributed by atoms with Gasteiger partial charge in [-0.05, 0) is 35.9 Å². The summed E-state index contributed by atoms with van der Waals surface area (Å²) in [4.78, 5) is 29.1. The van der Waals surface area contributed by atoms with Crippen molar-refractivity contribution in [3.05, 3.63) is 77.5 Å². The molecule has 5 heteroatoms. The number of carbonyl (C=O) groups excluding carboxylic acids is 2. The molecule has 5 nitrogen and oxygen atoms in total. The lowest BCUT2D eigenvalue weighted by molar-refractivity contribution is -0.130. The van der Waals surface area contributed by atoms with Gasteiger partial charge in [-0.1, -0.05) is 68.4 Å². The van der Waals surface area contributed by atoms with Crippen molar-refractivity contribution in [2.45, 2.75) is 39.3 Å². The van der Waals surface area contributed by atoms with Crippen LogP contribution < -0.4 is 5.32 Å². The zero-order valence-corrected chi connectivity index (χ0v) is 18.0. The van der Waals surface area contributed by atoms with Crippen molar-refractivity contribution in [3.63, 3.8) is 0 Å². The van der Waals surface area contributed by atoms with Crippen molar-refractivity contribution in [1.29, 1.82) is 0 Å². The summed E-state index contributed by atoms with van der Waals surface area (Å²) in [5, 5.41) is 3.13. The molecule has 0 saturated carbocycles. The first kappa shape index (κ1) is 21.8. The van der Waals surface area contributed by atoms with Crippen LogP contribution in [0, 0.1) is 0 Å². The van der Waals surface area contributed by atoms with Crippen LogP contribution in [0.5, 0.6) is 0 Å². The number of carbonyl (C=O) groups is 2. The molecule has 0 bridgehead atoms. The van der Waals surface area contributed by atoms with E-state index in [1.807, 2.05) is 48.5 Å². The standard InChI is InChI=1S/C25H31N3O2/c1-4-27(5-2)24(21-12-7-6-8-13-21)18-26-25(30)17-23-22-14-10-9-11-20(22)15-16-28(23)19(3)29/h6-16,23-24H,4-5,17-18H2,1-3H3,(H,26,30). The highest BCUT2D eigenvalue weighted by molar-refractivity contribution is 5.81. The van der Waals surface area contributed by atoms with Gasteiger partial charge in [-0.15, -0.1) is 0 Å². The van der Waals surface area contributed by atoms with Gasteiger partial charge >= 0.3 is 0 Å². The zero-order valence-electron chi connectivity index (χ0n) is 18.0. The van der Waals surface area contributed by atoms with Gasteiger partial charge in [-0.2, -0.15) is 0 Å². The van der Waals surface area contributed by atoms with Gasteiger partial charge in [-0.3, -0.25) is 14.5 Å². The van der Waals surface area contributed by atoms with Crippen LogP contribution in [0.25, 0.3) is 6.08 Å². The van der Waals surface area contributed by atoms with Crippen LogP contribution in [0.2, 0.25) is 0 Å². The Morgan fingerprint density at radius 2 is 1.70 bits per heavy atom. The predicted octanol–water partition coefficient (Wildman–Crippen LogP) is 4.15. The molecule has 0 radical (unpaired) electrons. The summed E-state index contributed by atoms with van der Waals surface area (Å²) in [5.41, 5.74) is 3.25. The van der Waals surface area contributed by atoms with Crippen molar-refractivity contribution in [2.24, 2.45) is 0 Å². The molecule has 0 fully saturated rings. The van der Waals surface area contributed by atoms with Crippen molar-refractivity contribution in [2.75, 3.05) is 19.6 Å². The Bertz CT molecular complexity index is 890. The second-order valence-electron chi connectivity index (χ2n) is 7.54. The van der Waals surface area contributed by atoms with Gasteiger partial charge in [0.15, 0.2) is 0 Å². The van der Waals surface area contributed by atoms with Gasteiger partial charge in [-0.25, -0.2) is 0 Å². The highest BCUT2D eigenvalue weighted by Gasteiger charge is 2.28. The lowest BCUT2D eigenvalue weighted by Crippen LogP contribution is -2.40. The maximum absolute atomic E-state index is 12.9. The highest BCUT2D eigenvalue weighted by atomic mass is 16.2. The molecular weight excluding hydrogens is 374 g/mol. The number of amides is 2. The third-order valence-corrected chi connectivity index (χ3v) is 5.78. The topological polar surface area (TPSA) is 52.7 Å². The Morgan fingerprint density at radius 3 is 2.37 bits per heavy atom. The second-order valence-corrected chi connectivity index (χ2v) is 7.54. The highest BCUT2D eigenvalue weighted by Crippen LogP contribution is 2.32. The van der Waals surface area contributed by atoms with Crippen molar-refractivity contribution < 1.29 is 9.59 Å². The molecule has 3 rings (SSSR count). The van der Waals surface area contributed by atoms with E-state index in [1.54, 1.807) is 11.1 Å². The van der Waals surface area contributed by atoms with Crippen molar-refractivity contribution in [1.82, 2.24) is 15.1 Å². The Labute approximate surface area is 179 Å². The van der Waals surface area contributed by atoms with Crippen LogP contribution in [0.4, 0.5) is 0 Å². The molecule has 2 atom stereocenters. The maximum atomic E-state index is 12.9. The molecule has 1 heterocycles. The molecule has 0 aliphatic carbocycles. The fourth-order valence-corrected chi connectivity index (χ4v) is 4.17. The maximum Gasteiger partial charge on any atom is 0.223 e. The summed E-state index contributed by atoms with van der Waals surface area (Å²) in [6.07, 6.45) is 3.95. The summed E-state index contributed by atoms with van der Waals surface area (Å²) in [6.45, 7) is 8.16. The SMILES string of the molecule is CCN(CC)C(CNC(=O)CC1c2ccccc2C=CN1C(C)=O)c1ccccc1. The number of hydrogen-bond acceptors (Lipinski definition) is 3. The average Bonchev–Trinajstić information content (AvgIpc) is 2.77. The minimum atomic E-state index is -0.285. The fraction of sp³-hybridized carbons (Fsp3) is 0.360. The first-order valence-electron chi connectivity index (χ1n) is 10.7. The quantitative estimate of drug-likeness (QED) is 0.718. The largest absolute Gasteiger partial charge is 0.354 e. The van der Waals surface area contributed by atoms with E-state index >= 15 is 0 Å². The molecule has 1 aliphatic heterocycles. The normalized spacial score (nSPS) is 16.3. The van der Waals surface area contributed by atoms with Gasteiger partial charge < -0.3 is 10.2 Å². The summed E-state index contributed by atoms with van der Waals surface area (Å²) in [6, 6.07) is 18.0. The monoisotopic (exact) mass is 405 g/mol. The number of likely N-dealkylation sites (N-methyl/N-ethyl adjacent to an activating group) is 1. The van der Waals surface area contributed by atoms with E-state index in [-0.39, 0.29) is 30.3 Å². The zero-order chi connectivity index (χ0) is 21.5. The number of rotatable bonds is 8.